The van der Waals surface area contributed by atoms with Gasteiger partial charge in [-0.15, -0.1) is 0 Å². The molecular formula is C21H18N4O. The quantitative estimate of drug-likeness (QED) is 0.594. The maximum absolute atomic E-state index is 12.7. The number of hydrogen-bond donors (Lipinski definition) is 2. The molecule has 0 radical (unpaired) electrons. The van der Waals surface area contributed by atoms with Crippen LogP contribution in [0.4, 0.5) is 11.5 Å². The highest BCUT2D eigenvalue weighted by molar-refractivity contribution is 5.86. The lowest BCUT2D eigenvalue weighted by atomic mass is 10.1. The van der Waals surface area contributed by atoms with E-state index in [1.807, 2.05) is 65.2 Å². The van der Waals surface area contributed by atoms with Crippen molar-refractivity contribution in [1.82, 2.24) is 9.55 Å². The van der Waals surface area contributed by atoms with Crippen molar-refractivity contribution in [2.24, 2.45) is 5.73 Å². The van der Waals surface area contributed by atoms with E-state index in [0.29, 0.717) is 17.7 Å². The first kappa shape index (κ1) is 16.1. The van der Waals surface area contributed by atoms with E-state index in [2.05, 4.69) is 10.3 Å². The smallest absolute Gasteiger partial charge is 0.193 e. The first-order valence-electron chi connectivity index (χ1n) is 8.38. The highest BCUT2D eigenvalue weighted by Crippen LogP contribution is 2.26. The number of nitrogens with one attached hydrogen (secondary N) is 1. The fraction of sp³-hybridized carbons (Fsp3) is 0.0476. The average molecular weight is 342 g/mol. The highest BCUT2D eigenvalue weighted by atomic mass is 16.1. The largest absolute Gasteiger partial charge is 0.341 e. The number of benzene rings is 2. The molecule has 0 aliphatic heterocycles. The monoisotopic (exact) mass is 342 g/mol. The van der Waals surface area contributed by atoms with E-state index in [1.165, 1.54) is 0 Å². The zero-order valence-corrected chi connectivity index (χ0v) is 14.1. The summed E-state index contributed by atoms with van der Waals surface area (Å²) in [6.07, 6.45) is 3.32. The second-order valence-electron chi connectivity index (χ2n) is 5.95. The van der Waals surface area contributed by atoms with Gasteiger partial charge in [-0.1, -0.05) is 36.4 Å². The third-order valence-electron chi connectivity index (χ3n) is 4.27. The Morgan fingerprint density at radius 1 is 0.962 bits per heavy atom. The summed E-state index contributed by atoms with van der Waals surface area (Å²) in [7, 11) is 0. The number of hydrogen-bond acceptors (Lipinski definition) is 4. The van der Waals surface area contributed by atoms with E-state index in [9.17, 15) is 4.79 Å². The lowest BCUT2D eigenvalue weighted by Gasteiger charge is -2.20. The summed E-state index contributed by atoms with van der Waals surface area (Å²) in [6, 6.07) is 21.3. The molecule has 0 aliphatic carbocycles. The molecule has 5 heteroatoms. The summed E-state index contributed by atoms with van der Waals surface area (Å²) in [6.45, 7) is 0.297. The lowest BCUT2D eigenvalue weighted by Crippen LogP contribution is -2.15. The summed E-state index contributed by atoms with van der Waals surface area (Å²) in [5.74, 6) is 0.681. The minimum Gasteiger partial charge on any atom is -0.341 e. The molecule has 0 aliphatic rings. The Hall–Kier alpha value is -3.44. The first-order chi connectivity index (χ1) is 12.8. The van der Waals surface area contributed by atoms with Crippen molar-refractivity contribution in [3.8, 4) is 5.69 Å². The van der Waals surface area contributed by atoms with Crippen molar-refractivity contribution in [3.63, 3.8) is 0 Å². The Morgan fingerprint density at radius 3 is 2.35 bits per heavy atom. The zero-order chi connectivity index (χ0) is 17.9. The molecule has 2 aromatic carbocycles. The van der Waals surface area contributed by atoms with Gasteiger partial charge in [0.15, 0.2) is 5.43 Å². The van der Waals surface area contributed by atoms with Gasteiger partial charge < -0.3 is 11.1 Å². The SMILES string of the molecule is NCc1cncc2c(=O)cc(Nc3ccccc3)n(-c3ccccc3)c12. The molecule has 2 aromatic heterocycles. The maximum Gasteiger partial charge on any atom is 0.193 e. The number of pyridine rings is 2. The number of para-hydroxylation sites is 2. The minimum atomic E-state index is -0.0894. The molecule has 0 saturated carbocycles. The molecule has 26 heavy (non-hydrogen) atoms. The van der Waals surface area contributed by atoms with Crippen LogP contribution in [0.2, 0.25) is 0 Å². The van der Waals surface area contributed by atoms with Gasteiger partial charge in [0.25, 0.3) is 0 Å². The number of anilines is 2. The molecule has 4 aromatic rings. The fourth-order valence-corrected chi connectivity index (χ4v) is 3.08. The van der Waals surface area contributed by atoms with Gasteiger partial charge in [0.05, 0.1) is 10.9 Å². The molecule has 0 saturated heterocycles. The van der Waals surface area contributed by atoms with Crippen molar-refractivity contribution >= 4 is 22.4 Å². The van der Waals surface area contributed by atoms with E-state index < -0.39 is 0 Å². The van der Waals surface area contributed by atoms with Gasteiger partial charge in [0.2, 0.25) is 0 Å². The Labute approximate surface area is 150 Å². The topological polar surface area (TPSA) is 72.9 Å². The first-order valence-corrected chi connectivity index (χ1v) is 8.38. The van der Waals surface area contributed by atoms with Crippen molar-refractivity contribution < 1.29 is 0 Å². The molecule has 0 spiro atoms. The van der Waals surface area contributed by atoms with Gasteiger partial charge >= 0.3 is 0 Å². The van der Waals surface area contributed by atoms with E-state index >= 15 is 0 Å². The van der Waals surface area contributed by atoms with E-state index in [-0.39, 0.29) is 5.43 Å². The van der Waals surface area contributed by atoms with Crippen molar-refractivity contribution in [1.29, 1.82) is 0 Å². The number of fused-ring (bicyclic) bond motifs is 1. The Balaban J connectivity index is 2.06. The summed E-state index contributed by atoms with van der Waals surface area (Å²) >= 11 is 0. The van der Waals surface area contributed by atoms with Crippen molar-refractivity contribution in [2.45, 2.75) is 6.54 Å². The molecule has 0 unspecified atom stereocenters. The standard InChI is InChI=1S/C21H18N4O/c22-12-15-13-23-14-18-19(26)11-20(24-16-7-3-1-4-8-16)25(21(15)18)17-9-5-2-6-10-17/h1-11,13-14,24H,12,22H2. The van der Waals surface area contributed by atoms with Crippen molar-refractivity contribution in [2.75, 3.05) is 5.32 Å². The van der Waals surface area contributed by atoms with Gasteiger partial charge in [0.1, 0.15) is 5.82 Å². The van der Waals surface area contributed by atoms with Crippen LogP contribution in [0.5, 0.6) is 0 Å². The Bertz CT molecular complexity index is 1110. The van der Waals surface area contributed by atoms with Gasteiger partial charge in [-0.25, -0.2) is 0 Å². The Kier molecular flexibility index (Phi) is 4.21. The molecule has 3 N–H and O–H groups in total. The normalized spacial score (nSPS) is 10.8. The lowest BCUT2D eigenvalue weighted by molar-refractivity contribution is 1.02. The molecule has 0 atom stereocenters. The van der Waals surface area contributed by atoms with E-state index in [0.717, 1.165) is 22.5 Å². The fourth-order valence-electron chi connectivity index (χ4n) is 3.08. The van der Waals surface area contributed by atoms with Gasteiger partial charge in [-0.05, 0) is 24.3 Å². The molecule has 0 amide bonds. The second kappa shape index (κ2) is 6.82. The van der Waals surface area contributed by atoms with Gasteiger partial charge in [-0.3, -0.25) is 14.3 Å². The van der Waals surface area contributed by atoms with Crippen molar-refractivity contribution in [3.05, 3.63) is 94.9 Å². The van der Waals surface area contributed by atoms with Crippen LogP contribution in [0.25, 0.3) is 16.6 Å². The van der Waals surface area contributed by atoms with Gasteiger partial charge in [0, 0.05) is 41.9 Å². The predicted octanol–water partition coefficient (Wildman–Crippen LogP) is 3.59. The van der Waals surface area contributed by atoms with Gasteiger partial charge in [-0.2, -0.15) is 0 Å². The highest BCUT2D eigenvalue weighted by Gasteiger charge is 2.14. The Morgan fingerprint density at radius 2 is 1.65 bits per heavy atom. The average Bonchev–Trinajstić information content (AvgIpc) is 2.69. The van der Waals surface area contributed by atoms with Crippen LogP contribution in [-0.4, -0.2) is 9.55 Å². The zero-order valence-electron chi connectivity index (χ0n) is 14.1. The number of nitrogens with zero attached hydrogens (tertiary/aromatic N) is 2. The van der Waals surface area contributed by atoms with Crippen LogP contribution in [0, 0.1) is 0 Å². The van der Waals surface area contributed by atoms with Crippen LogP contribution in [0.15, 0.2) is 83.9 Å². The van der Waals surface area contributed by atoms with Crippen LogP contribution in [-0.2, 0) is 6.54 Å². The molecule has 2 heterocycles. The summed E-state index contributed by atoms with van der Waals surface area (Å²) in [5.41, 5.74) is 9.29. The third-order valence-corrected chi connectivity index (χ3v) is 4.27. The predicted molar refractivity (Wildman–Crippen MR) is 105 cm³/mol. The van der Waals surface area contributed by atoms with Crippen LogP contribution < -0.4 is 16.5 Å². The molecule has 4 rings (SSSR count). The van der Waals surface area contributed by atoms with E-state index in [1.54, 1.807) is 18.5 Å². The summed E-state index contributed by atoms with van der Waals surface area (Å²) in [4.78, 5) is 16.9. The molecule has 0 bridgehead atoms. The molecule has 5 nitrogen and oxygen atoms in total. The summed E-state index contributed by atoms with van der Waals surface area (Å²) in [5, 5.41) is 3.91. The molecule has 0 fully saturated rings. The maximum atomic E-state index is 12.7. The van der Waals surface area contributed by atoms with E-state index in [4.69, 9.17) is 5.73 Å². The van der Waals surface area contributed by atoms with Crippen LogP contribution in [0.3, 0.4) is 0 Å². The molecule has 128 valence electrons. The second-order valence-corrected chi connectivity index (χ2v) is 5.95. The van der Waals surface area contributed by atoms with Crippen LogP contribution >= 0.6 is 0 Å². The molecular weight excluding hydrogens is 324 g/mol. The number of aromatic nitrogens is 2. The third kappa shape index (κ3) is 2.85. The minimum absolute atomic E-state index is 0.0894. The van der Waals surface area contributed by atoms with Crippen LogP contribution in [0.1, 0.15) is 5.56 Å². The number of nitrogens with two attached hydrogens (primary N) is 1. The number of rotatable bonds is 4. The summed E-state index contributed by atoms with van der Waals surface area (Å²) < 4.78 is 2.02.